The van der Waals surface area contributed by atoms with Gasteiger partial charge in [0.2, 0.25) is 0 Å². The van der Waals surface area contributed by atoms with Crippen LogP contribution in [0.1, 0.15) is 131 Å². The molecule has 1 heterocycles. The van der Waals surface area contributed by atoms with E-state index in [4.69, 9.17) is 20.9 Å². The number of rotatable bonds is 14. The third-order valence-electron chi connectivity index (χ3n) is 9.27. The summed E-state index contributed by atoms with van der Waals surface area (Å²) in [4.78, 5) is 13.3. The molecule has 228 valence electrons. The minimum Gasteiger partial charge on any atom is -0.487 e. The van der Waals surface area contributed by atoms with Crippen LogP contribution in [0.15, 0.2) is 18.2 Å². The molecule has 2 aromatic rings. The number of benzene rings is 2. The van der Waals surface area contributed by atoms with Gasteiger partial charge in [0.25, 0.3) is 0 Å². The van der Waals surface area contributed by atoms with Crippen LogP contribution in [0.5, 0.6) is 11.5 Å². The van der Waals surface area contributed by atoms with Crippen LogP contribution in [-0.4, -0.2) is 11.6 Å². The van der Waals surface area contributed by atoms with E-state index in [1.54, 1.807) is 18.2 Å². The Balaban J connectivity index is 1.55. The van der Waals surface area contributed by atoms with E-state index >= 15 is 0 Å². The summed E-state index contributed by atoms with van der Waals surface area (Å²) in [5.74, 6) is 3.36. The van der Waals surface area contributed by atoms with E-state index in [9.17, 15) is 4.79 Å². The van der Waals surface area contributed by atoms with Crippen LogP contribution in [0.25, 0.3) is 0 Å². The Hall–Kier alpha value is -2.69. The maximum Gasteiger partial charge on any atom is 0.344 e. The van der Waals surface area contributed by atoms with Crippen molar-refractivity contribution in [1.82, 2.24) is 0 Å². The quantitative estimate of drug-likeness (QED) is 0.135. The molecule has 2 aromatic carbocycles. The fourth-order valence-electron chi connectivity index (χ4n) is 6.46. The third-order valence-corrected chi connectivity index (χ3v) is 9.27. The number of hydrogen-bond donors (Lipinski definition) is 2. The largest absolute Gasteiger partial charge is 0.487 e. The molecule has 3 unspecified atom stereocenters. The molecule has 1 aliphatic rings. The molecule has 0 aromatic heterocycles. The Labute approximate surface area is 249 Å². The summed E-state index contributed by atoms with van der Waals surface area (Å²) in [6.45, 7) is 17.8. The summed E-state index contributed by atoms with van der Waals surface area (Å²) >= 11 is 0. The van der Waals surface area contributed by atoms with Gasteiger partial charge in [-0.3, -0.25) is 0 Å². The average molecular weight is 565 g/mol. The van der Waals surface area contributed by atoms with Crippen molar-refractivity contribution in [3.8, 4) is 11.5 Å². The molecule has 0 spiro atoms. The zero-order valence-corrected chi connectivity index (χ0v) is 27.1. The molecule has 3 atom stereocenters. The van der Waals surface area contributed by atoms with E-state index in [0.29, 0.717) is 22.7 Å². The monoisotopic (exact) mass is 564 g/mol. The van der Waals surface area contributed by atoms with Gasteiger partial charge in [-0.25, -0.2) is 4.79 Å². The van der Waals surface area contributed by atoms with Crippen LogP contribution in [0.4, 0.5) is 11.4 Å². The van der Waals surface area contributed by atoms with Gasteiger partial charge in [0, 0.05) is 23.5 Å². The molecule has 0 saturated heterocycles. The topological polar surface area (TPSA) is 87.6 Å². The van der Waals surface area contributed by atoms with E-state index in [1.165, 1.54) is 51.4 Å². The fraction of sp³-hybridized carbons (Fsp3) is 0.639. The Bertz CT molecular complexity index is 1170. The first-order valence-corrected chi connectivity index (χ1v) is 16.0. The van der Waals surface area contributed by atoms with Crippen LogP contribution in [0.2, 0.25) is 0 Å². The summed E-state index contributed by atoms with van der Waals surface area (Å²) in [5, 5.41) is 0. The Morgan fingerprint density at radius 2 is 1.41 bits per heavy atom. The maximum absolute atomic E-state index is 13.3. The molecule has 0 amide bonds. The van der Waals surface area contributed by atoms with Crippen molar-refractivity contribution in [3.05, 3.63) is 46.0 Å². The first-order chi connectivity index (χ1) is 19.3. The number of ether oxygens (including phenoxy) is 2. The molecule has 0 fully saturated rings. The zero-order chi connectivity index (χ0) is 30.3. The average Bonchev–Trinajstić information content (AvgIpc) is 2.86. The first-order valence-electron chi connectivity index (χ1n) is 16.0. The molecule has 5 nitrogen and oxygen atoms in total. The number of esters is 1. The van der Waals surface area contributed by atoms with Crippen LogP contribution in [0, 0.1) is 38.5 Å². The Morgan fingerprint density at radius 3 is 2.00 bits per heavy atom. The van der Waals surface area contributed by atoms with Gasteiger partial charge >= 0.3 is 5.97 Å². The van der Waals surface area contributed by atoms with Gasteiger partial charge in [0.05, 0.1) is 5.56 Å². The molecule has 41 heavy (non-hydrogen) atoms. The molecule has 4 N–H and O–H groups in total. The summed E-state index contributed by atoms with van der Waals surface area (Å²) in [6.07, 6.45) is 13.5. The molecule has 0 radical (unpaired) electrons. The van der Waals surface area contributed by atoms with Crippen LogP contribution >= 0.6 is 0 Å². The molecule has 0 bridgehead atoms. The number of carbonyl (C=O) groups is 1. The van der Waals surface area contributed by atoms with Crippen molar-refractivity contribution in [1.29, 1.82) is 0 Å². The highest BCUT2D eigenvalue weighted by Crippen LogP contribution is 2.43. The number of fused-ring (bicyclic) bond motifs is 1. The molecular weight excluding hydrogens is 508 g/mol. The highest BCUT2D eigenvalue weighted by molar-refractivity contribution is 5.95. The van der Waals surface area contributed by atoms with Gasteiger partial charge in [-0.15, -0.1) is 0 Å². The lowest BCUT2D eigenvalue weighted by Crippen LogP contribution is -2.37. The summed E-state index contributed by atoms with van der Waals surface area (Å²) in [7, 11) is 0. The summed E-state index contributed by atoms with van der Waals surface area (Å²) < 4.78 is 12.5. The van der Waals surface area contributed by atoms with Gasteiger partial charge in [-0.1, -0.05) is 72.6 Å². The number of carbonyl (C=O) groups excluding carboxylic acids is 1. The summed E-state index contributed by atoms with van der Waals surface area (Å²) in [5.41, 5.74) is 17.1. The van der Waals surface area contributed by atoms with Crippen molar-refractivity contribution in [2.75, 3.05) is 11.5 Å². The van der Waals surface area contributed by atoms with E-state index in [-0.39, 0.29) is 11.6 Å². The van der Waals surface area contributed by atoms with Crippen molar-refractivity contribution in [3.63, 3.8) is 0 Å². The second kappa shape index (κ2) is 14.5. The number of nitrogens with two attached hydrogens (primary N) is 2. The lowest BCUT2D eigenvalue weighted by Gasteiger charge is -2.38. The lowest BCUT2D eigenvalue weighted by atomic mass is 9.82. The first kappa shape index (κ1) is 32.8. The molecule has 1 aliphatic heterocycles. The number of anilines is 2. The van der Waals surface area contributed by atoms with Crippen molar-refractivity contribution in [2.45, 2.75) is 132 Å². The molecular formula is C36H56N2O3. The van der Waals surface area contributed by atoms with Gasteiger partial charge in [0.15, 0.2) is 0 Å². The smallest absolute Gasteiger partial charge is 0.344 e. The van der Waals surface area contributed by atoms with Gasteiger partial charge in [-0.05, 0) is 99.5 Å². The highest BCUT2D eigenvalue weighted by atomic mass is 16.5. The predicted octanol–water partition coefficient (Wildman–Crippen LogP) is 9.52. The van der Waals surface area contributed by atoms with E-state index in [1.807, 2.05) is 13.8 Å². The minimum absolute atomic E-state index is 0.178. The number of hydrogen-bond acceptors (Lipinski definition) is 5. The van der Waals surface area contributed by atoms with Crippen LogP contribution in [0.3, 0.4) is 0 Å². The van der Waals surface area contributed by atoms with Crippen molar-refractivity contribution in [2.24, 2.45) is 17.8 Å². The Kier molecular flexibility index (Phi) is 11.6. The maximum atomic E-state index is 13.3. The molecule has 3 rings (SSSR count). The second-order valence-electron chi connectivity index (χ2n) is 13.7. The second-order valence-corrected chi connectivity index (χ2v) is 13.7. The van der Waals surface area contributed by atoms with E-state index in [2.05, 4.69) is 41.5 Å². The Morgan fingerprint density at radius 1 is 0.854 bits per heavy atom. The predicted molar refractivity (Wildman–Crippen MR) is 173 cm³/mol. The number of nitrogen functional groups attached to an aromatic ring is 2. The van der Waals surface area contributed by atoms with Crippen molar-refractivity contribution >= 4 is 17.3 Å². The minimum atomic E-state index is -0.386. The van der Waals surface area contributed by atoms with Crippen LogP contribution in [-0.2, 0) is 6.42 Å². The lowest BCUT2D eigenvalue weighted by molar-refractivity contribution is 0.0512. The standard InChI is InChI=1S/C36H56N2O3/c1-23(2)12-9-13-24(3)14-10-15-25(4)16-11-18-36(8)19-17-32-28(7)33(26(5)27(6)34(32)41-36)35(39)40-31-21-29(37)20-30(38)22-31/h20-25H,9-19,37-38H2,1-8H3. The third kappa shape index (κ3) is 9.15. The van der Waals surface area contributed by atoms with Gasteiger partial charge in [-0.2, -0.15) is 0 Å². The van der Waals surface area contributed by atoms with Gasteiger partial charge in [0.1, 0.15) is 17.1 Å². The highest BCUT2D eigenvalue weighted by Gasteiger charge is 2.35. The normalized spacial score (nSPS) is 18.1. The molecule has 0 aliphatic carbocycles. The summed E-state index contributed by atoms with van der Waals surface area (Å²) in [6, 6.07) is 4.88. The molecule has 0 saturated carbocycles. The van der Waals surface area contributed by atoms with Crippen LogP contribution < -0.4 is 20.9 Å². The zero-order valence-electron chi connectivity index (χ0n) is 27.1. The molecule has 5 heteroatoms. The fourth-order valence-corrected chi connectivity index (χ4v) is 6.46. The van der Waals surface area contributed by atoms with Gasteiger partial charge < -0.3 is 20.9 Å². The van der Waals surface area contributed by atoms with E-state index < -0.39 is 0 Å². The SMILES string of the molecule is Cc1c(C)c(C(=O)Oc2cc(N)cc(N)c2)c(C)c2c1OC(C)(CCCC(C)CCCC(C)CCCC(C)C)CC2. The van der Waals surface area contributed by atoms with E-state index in [0.717, 1.165) is 65.0 Å². The van der Waals surface area contributed by atoms with Crippen molar-refractivity contribution < 1.29 is 14.3 Å².